The maximum atomic E-state index is 8.79. The van der Waals surface area contributed by atoms with Crippen LogP contribution in [-0.2, 0) is 17.2 Å². The molecule has 2 aromatic rings. The number of ether oxygens (including phenoxy) is 1. The van der Waals surface area contributed by atoms with Gasteiger partial charge in [-0.3, -0.25) is 0 Å². The Morgan fingerprint density at radius 3 is 2.63 bits per heavy atom. The Labute approximate surface area is 116 Å². The maximum absolute atomic E-state index is 8.79. The summed E-state index contributed by atoms with van der Waals surface area (Å²) in [5.41, 5.74) is 1.52. The van der Waals surface area contributed by atoms with Gasteiger partial charge in [-0.2, -0.15) is 5.26 Å². The number of alkyl halides is 1. The highest BCUT2D eigenvalue weighted by molar-refractivity contribution is 6.16. The summed E-state index contributed by atoms with van der Waals surface area (Å²) in [6, 6.07) is 9.30. The lowest BCUT2D eigenvalue weighted by molar-refractivity contribution is 0.187. The van der Waals surface area contributed by atoms with Gasteiger partial charge in [0, 0.05) is 19.2 Å². The Morgan fingerprint density at radius 2 is 2.05 bits per heavy atom. The minimum Gasteiger partial charge on any atom is -0.383 e. The number of benzene rings is 1. The minimum absolute atomic E-state index is 0.299. The summed E-state index contributed by atoms with van der Waals surface area (Å²) >= 11 is 5.85. The Morgan fingerprint density at radius 1 is 1.32 bits per heavy atom. The van der Waals surface area contributed by atoms with Crippen LogP contribution < -0.4 is 0 Å². The molecule has 98 valence electrons. The highest BCUT2D eigenvalue weighted by atomic mass is 35.5. The molecule has 0 aliphatic carbocycles. The van der Waals surface area contributed by atoms with Crippen molar-refractivity contribution in [3.8, 4) is 17.5 Å². The Balaban J connectivity index is 2.37. The predicted molar refractivity (Wildman–Crippen MR) is 71.6 cm³/mol. The second kappa shape index (κ2) is 6.32. The van der Waals surface area contributed by atoms with E-state index in [9.17, 15) is 0 Å². The number of hydrogen-bond donors (Lipinski definition) is 0. The first kappa shape index (κ1) is 13.5. The third kappa shape index (κ3) is 2.92. The zero-order valence-electron chi connectivity index (χ0n) is 10.5. The molecule has 0 spiro atoms. The summed E-state index contributed by atoms with van der Waals surface area (Å²) in [6.45, 7) is 1.20. The quantitative estimate of drug-likeness (QED) is 0.786. The zero-order chi connectivity index (χ0) is 13.7. The number of nitrogens with zero attached hydrogens (tertiary/aromatic N) is 4. The Hall–Kier alpha value is -1.90. The van der Waals surface area contributed by atoms with Crippen LogP contribution in [0.5, 0.6) is 0 Å². The molecule has 2 rings (SSSR count). The van der Waals surface area contributed by atoms with Crippen LogP contribution in [0.15, 0.2) is 24.3 Å². The molecule has 0 saturated heterocycles. The smallest absolute Gasteiger partial charge is 0.164 e. The average Bonchev–Trinajstić information content (AvgIpc) is 2.88. The van der Waals surface area contributed by atoms with Crippen LogP contribution in [0.4, 0.5) is 0 Å². The predicted octanol–water partition coefficient (Wildman–Crippen LogP) is 2.20. The molecule has 0 aliphatic heterocycles. The molecular weight excluding hydrogens is 264 g/mol. The van der Waals surface area contributed by atoms with Crippen LogP contribution in [0.25, 0.3) is 11.4 Å². The first-order chi connectivity index (χ1) is 9.30. The van der Waals surface area contributed by atoms with E-state index in [2.05, 4.69) is 16.3 Å². The van der Waals surface area contributed by atoms with Gasteiger partial charge in [-0.25, -0.2) is 0 Å². The molecule has 0 atom stereocenters. The largest absolute Gasteiger partial charge is 0.383 e. The molecule has 0 aliphatic rings. The minimum atomic E-state index is 0.299. The molecule has 0 N–H and O–H groups in total. The van der Waals surface area contributed by atoms with Crippen LogP contribution in [-0.4, -0.2) is 28.5 Å². The van der Waals surface area contributed by atoms with Crippen molar-refractivity contribution in [2.45, 2.75) is 12.4 Å². The van der Waals surface area contributed by atoms with Crippen LogP contribution in [0.2, 0.25) is 0 Å². The van der Waals surface area contributed by atoms with Gasteiger partial charge in [-0.15, -0.1) is 21.8 Å². The molecular formula is C13H13ClN4O. The van der Waals surface area contributed by atoms with Crippen LogP contribution >= 0.6 is 11.6 Å². The van der Waals surface area contributed by atoms with Crippen molar-refractivity contribution in [2.75, 3.05) is 13.7 Å². The highest BCUT2D eigenvalue weighted by Crippen LogP contribution is 2.19. The molecule has 0 unspecified atom stereocenters. The van der Waals surface area contributed by atoms with E-state index in [4.69, 9.17) is 21.6 Å². The van der Waals surface area contributed by atoms with Crippen molar-refractivity contribution < 1.29 is 4.74 Å². The molecule has 19 heavy (non-hydrogen) atoms. The van der Waals surface area contributed by atoms with E-state index in [1.165, 1.54) is 0 Å². The molecule has 1 heterocycles. The summed E-state index contributed by atoms with van der Waals surface area (Å²) in [5.74, 6) is 1.74. The monoisotopic (exact) mass is 276 g/mol. The standard InChI is InChI=1S/C13H13ClN4O/c1-19-7-6-18-12(8-14)16-17-13(18)11-4-2-10(9-15)3-5-11/h2-5H,6-8H2,1H3. The first-order valence-electron chi connectivity index (χ1n) is 5.77. The Kier molecular flexibility index (Phi) is 4.50. The first-order valence-corrected chi connectivity index (χ1v) is 6.31. The summed E-state index contributed by atoms with van der Waals surface area (Å²) in [6.07, 6.45) is 0. The van der Waals surface area contributed by atoms with Gasteiger partial charge in [0.25, 0.3) is 0 Å². The van der Waals surface area contributed by atoms with Crippen LogP contribution in [0, 0.1) is 11.3 Å². The third-order valence-corrected chi connectivity index (χ3v) is 2.98. The van der Waals surface area contributed by atoms with Crippen molar-refractivity contribution in [1.82, 2.24) is 14.8 Å². The number of nitriles is 1. The molecule has 1 aromatic heterocycles. The summed E-state index contributed by atoms with van der Waals surface area (Å²) < 4.78 is 7.01. The number of rotatable bonds is 5. The molecule has 0 radical (unpaired) electrons. The van der Waals surface area contributed by atoms with Gasteiger partial charge in [0.05, 0.1) is 24.1 Å². The van der Waals surface area contributed by atoms with Gasteiger partial charge in [-0.05, 0) is 24.3 Å². The lowest BCUT2D eigenvalue weighted by atomic mass is 10.1. The number of halogens is 1. The van der Waals surface area contributed by atoms with E-state index in [1.54, 1.807) is 19.2 Å². The molecule has 5 nitrogen and oxygen atoms in total. The maximum Gasteiger partial charge on any atom is 0.164 e. The topological polar surface area (TPSA) is 63.7 Å². The van der Waals surface area contributed by atoms with E-state index >= 15 is 0 Å². The van der Waals surface area contributed by atoms with E-state index in [0.717, 1.165) is 11.4 Å². The van der Waals surface area contributed by atoms with Crippen molar-refractivity contribution in [1.29, 1.82) is 5.26 Å². The lowest BCUT2D eigenvalue weighted by Gasteiger charge is -2.08. The van der Waals surface area contributed by atoms with E-state index in [0.29, 0.717) is 30.4 Å². The lowest BCUT2D eigenvalue weighted by Crippen LogP contribution is -2.09. The summed E-state index contributed by atoms with van der Waals surface area (Å²) in [4.78, 5) is 0. The fourth-order valence-corrected chi connectivity index (χ4v) is 1.96. The van der Waals surface area contributed by atoms with Gasteiger partial charge >= 0.3 is 0 Å². The summed E-state index contributed by atoms with van der Waals surface area (Å²) in [5, 5.41) is 17.0. The van der Waals surface area contributed by atoms with E-state index in [1.807, 2.05) is 16.7 Å². The Bertz CT molecular complexity index is 586. The second-order valence-corrected chi connectivity index (χ2v) is 4.17. The van der Waals surface area contributed by atoms with Crippen molar-refractivity contribution in [2.24, 2.45) is 0 Å². The molecule has 0 amide bonds. The van der Waals surface area contributed by atoms with Crippen LogP contribution in [0.3, 0.4) is 0 Å². The van der Waals surface area contributed by atoms with Gasteiger partial charge in [-0.1, -0.05) is 0 Å². The molecule has 0 bridgehead atoms. The summed E-state index contributed by atoms with van der Waals surface area (Å²) in [7, 11) is 1.64. The van der Waals surface area contributed by atoms with Gasteiger partial charge in [0.15, 0.2) is 5.82 Å². The van der Waals surface area contributed by atoms with Gasteiger partial charge in [0.1, 0.15) is 5.82 Å². The molecule has 0 saturated carbocycles. The fraction of sp³-hybridized carbons (Fsp3) is 0.308. The second-order valence-electron chi connectivity index (χ2n) is 3.91. The molecule has 0 fully saturated rings. The van der Waals surface area contributed by atoms with Gasteiger partial charge in [0.2, 0.25) is 0 Å². The van der Waals surface area contributed by atoms with E-state index in [-0.39, 0.29) is 0 Å². The molecule has 1 aromatic carbocycles. The van der Waals surface area contributed by atoms with Gasteiger partial charge < -0.3 is 9.30 Å². The highest BCUT2D eigenvalue weighted by Gasteiger charge is 2.12. The number of aromatic nitrogens is 3. The average molecular weight is 277 g/mol. The van der Waals surface area contributed by atoms with Crippen molar-refractivity contribution >= 4 is 11.6 Å². The fourth-order valence-electron chi connectivity index (χ4n) is 1.76. The SMILES string of the molecule is COCCn1c(CCl)nnc1-c1ccc(C#N)cc1. The normalized spacial score (nSPS) is 10.4. The van der Waals surface area contributed by atoms with E-state index < -0.39 is 0 Å². The molecule has 6 heteroatoms. The zero-order valence-corrected chi connectivity index (χ0v) is 11.3. The van der Waals surface area contributed by atoms with Crippen molar-refractivity contribution in [3.05, 3.63) is 35.7 Å². The van der Waals surface area contributed by atoms with Crippen molar-refractivity contribution in [3.63, 3.8) is 0 Å². The third-order valence-electron chi connectivity index (χ3n) is 2.74. The number of hydrogen-bond acceptors (Lipinski definition) is 4. The van der Waals surface area contributed by atoms with Crippen LogP contribution in [0.1, 0.15) is 11.4 Å². The number of methoxy groups -OCH3 is 1.